The molecule has 0 aliphatic rings. The highest BCUT2D eigenvalue weighted by molar-refractivity contribution is 9.10. The highest BCUT2D eigenvalue weighted by Gasteiger charge is 2.16. The predicted octanol–water partition coefficient (Wildman–Crippen LogP) is 2.53. The molecule has 0 aliphatic heterocycles. The maximum absolute atomic E-state index is 10.8. The minimum atomic E-state index is -0.523. The number of nitrogens with zero attached hydrogens (tertiary/aromatic N) is 3. The summed E-state index contributed by atoms with van der Waals surface area (Å²) < 4.78 is 11.1. The summed E-state index contributed by atoms with van der Waals surface area (Å²) >= 11 is 3.24. The molecule has 104 valence electrons. The van der Waals surface area contributed by atoms with Crippen molar-refractivity contribution in [3.63, 3.8) is 0 Å². The minimum Gasteiger partial charge on any atom is -0.489 e. The van der Waals surface area contributed by atoms with Crippen LogP contribution in [0.3, 0.4) is 0 Å². The molecule has 0 unspecified atom stereocenters. The number of benzene rings is 1. The Labute approximate surface area is 121 Å². The lowest BCUT2D eigenvalue weighted by molar-refractivity contribution is -0.384. The highest BCUT2D eigenvalue weighted by atomic mass is 79.9. The topological polar surface area (TPSA) is 113 Å². The largest absolute Gasteiger partial charge is 0.489 e. The fourth-order valence-electron chi connectivity index (χ4n) is 1.42. The van der Waals surface area contributed by atoms with E-state index >= 15 is 0 Å². The Morgan fingerprint density at radius 3 is 2.80 bits per heavy atom. The number of anilines is 1. The molecule has 0 amide bonds. The molecule has 0 spiro atoms. The second kappa shape index (κ2) is 5.70. The van der Waals surface area contributed by atoms with Crippen molar-refractivity contribution in [2.75, 3.05) is 12.8 Å². The zero-order chi connectivity index (χ0) is 14.7. The molecule has 0 aliphatic carbocycles. The number of nitro groups is 1. The van der Waals surface area contributed by atoms with Gasteiger partial charge in [-0.15, -0.1) is 0 Å². The first-order chi connectivity index (χ1) is 9.52. The van der Waals surface area contributed by atoms with Gasteiger partial charge in [-0.1, -0.05) is 0 Å². The van der Waals surface area contributed by atoms with E-state index in [1.807, 2.05) is 0 Å². The van der Waals surface area contributed by atoms with Crippen molar-refractivity contribution in [2.24, 2.45) is 0 Å². The van der Waals surface area contributed by atoms with Crippen LogP contribution in [0.4, 0.5) is 11.5 Å². The molecule has 0 radical (unpaired) electrons. The Morgan fingerprint density at radius 2 is 2.15 bits per heavy atom. The Hall–Kier alpha value is -2.42. The lowest BCUT2D eigenvalue weighted by Crippen LogP contribution is -2.00. The Balaban J connectivity index is 2.42. The molecule has 0 bridgehead atoms. The molecule has 2 rings (SSSR count). The second-order valence-electron chi connectivity index (χ2n) is 3.57. The van der Waals surface area contributed by atoms with Gasteiger partial charge in [0.15, 0.2) is 11.6 Å². The summed E-state index contributed by atoms with van der Waals surface area (Å²) in [4.78, 5) is 17.9. The Kier molecular flexibility index (Phi) is 3.99. The lowest BCUT2D eigenvalue weighted by atomic mass is 10.3. The third-order valence-corrected chi connectivity index (χ3v) is 2.99. The van der Waals surface area contributed by atoms with Crippen LogP contribution in [0, 0.1) is 10.1 Å². The number of nitrogens with two attached hydrogens (primary N) is 1. The van der Waals surface area contributed by atoms with E-state index in [4.69, 9.17) is 15.2 Å². The maximum atomic E-state index is 10.8. The number of methoxy groups -OCH3 is 1. The SMILES string of the molecule is COc1c(N)ncnc1Oc1cc([N+](=O)[O-])ccc1Br. The second-order valence-corrected chi connectivity index (χ2v) is 4.43. The van der Waals surface area contributed by atoms with Gasteiger partial charge in [0.25, 0.3) is 11.6 Å². The molecule has 0 fully saturated rings. The summed E-state index contributed by atoms with van der Waals surface area (Å²) in [5.41, 5.74) is 5.52. The third kappa shape index (κ3) is 2.77. The van der Waals surface area contributed by atoms with E-state index in [1.165, 1.54) is 31.6 Å². The van der Waals surface area contributed by atoms with Crippen LogP contribution in [-0.2, 0) is 0 Å². The predicted molar refractivity (Wildman–Crippen MR) is 73.9 cm³/mol. The van der Waals surface area contributed by atoms with E-state index in [1.54, 1.807) is 0 Å². The molecule has 1 aromatic heterocycles. The smallest absolute Gasteiger partial charge is 0.273 e. The summed E-state index contributed by atoms with van der Waals surface area (Å²) in [6.07, 6.45) is 1.21. The molecule has 1 aromatic carbocycles. The lowest BCUT2D eigenvalue weighted by Gasteiger charge is -2.10. The number of hydrogen-bond acceptors (Lipinski definition) is 7. The number of rotatable bonds is 4. The monoisotopic (exact) mass is 340 g/mol. The first-order valence-corrected chi connectivity index (χ1v) is 6.08. The molecule has 2 N–H and O–H groups in total. The van der Waals surface area contributed by atoms with Crippen LogP contribution in [-0.4, -0.2) is 22.0 Å². The Morgan fingerprint density at radius 1 is 1.40 bits per heavy atom. The molecule has 1 heterocycles. The van der Waals surface area contributed by atoms with Crippen LogP contribution in [0.1, 0.15) is 0 Å². The van der Waals surface area contributed by atoms with Crippen molar-refractivity contribution in [1.82, 2.24) is 9.97 Å². The fourth-order valence-corrected chi connectivity index (χ4v) is 1.75. The van der Waals surface area contributed by atoms with Crippen molar-refractivity contribution in [3.05, 3.63) is 39.1 Å². The summed E-state index contributed by atoms with van der Waals surface area (Å²) in [5, 5.41) is 10.8. The van der Waals surface area contributed by atoms with E-state index < -0.39 is 4.92 Å². The van der Waals surface area contributed by atoms with E-state index in [2.05, 4.69) is 25.9 Å². The standard InChI is InChI=1S/C11H9BrN4O4/c1-19-9-10(13)14-5-15-11(9)20-8-4-6(16(17)18)2-3-7(8)12/h2-5H,1H3,(H2,13,14,15). The summed E-state index contributed by atoms with van der Waals surface area (Å²) in [6, 6.07) is 4.12. The van der Waals surface area contributed by atoms with Crippen LogP contribution < -0.4 is 15.2 Å². The van der Waals surface area contributed by atoms with Gasteiger partial charge < -0.3 is 15.2 Å². The number of ether oxygens (including phenoxy) is 2. The molecule has 8 nitrogen and oxygen atoms in total. The molecular weight excluding hydrogens is 332 g/mol. The molecule has 20 heavy (non-hydrogen) atoms. The zero-order valence-electron chi connectivity index (χ0n) is 10.2. The fraction of sp³-hybridized carbons (Fsp3) is 0.0909. The van der Waals surface area contributed by atoms with Gasteiger partial charge in [0, 0.05) is 6.07 Å². The van der Waals surface area contributed by atoms with Gasteiger partial charge in [0.05, 0.1) is 22.6 Å². The molecule has 0 saturated carbocycles. The first kappa shape index (κ1) is 14.0. The average molecular weight is 341 g/mol. The van der Waals surface area contributed by atoms with Crippen molar-refractivity contribution in [2.45, 2.75) is 0 Å². The van der Waals surface area contributed by atoms with Crippen LogP contribution in [0.15, 0.2) is 29.0 Å². The number of non-ortho nitro benzene ring substituents is 1. The van der Waals surface area contributed by atoms with Crippen LogP contribution in [0.2, 0.25) is 0 Å². The zero-order valence-corrected chi connectivity index (χ0v) is 11.8. The average Bonchev–Trinajstić information content (AvgIpc) is 2.41. The maximum Gasteiger partial charge on any atom is 0.273 e. The minimum absolute atomic E-state index is 0.0706. The normalized spacial score (nSPS) is 10.1. The van der Waals surface area contributed by atoms with Crippen molar-refractivity contribution >= 4 is 27.4 Å². The van der Waals surface area contributed by atoms with E-state index in [-0.39, 0.29) is 28.9 Å². The van der Waals surface area contributed by atoms with Crippen molar-refractivity contribution < 1.29 is 14.4 Å². The molecule has 9 heteroatoms. The molecular formula is C11H9BrN4O4. The van der Waals surface area contributed by atoms with Crippen LogP contribution in [0.25, 0.3) is 0 Å². The van der Waals surface area contributed by atoms with E-state index in [0.717, 1.165) is 0 Å². The van der Waals surface area contributed by atoms with Gasteiger partial charge in [0.2, 0.25) is 5.75 Å². The first-order valence-electron chi connectivity index (χ1n) is 5.29. The summed E-state index contributed by atoms with van der Waals surface area (Å²) in [7, 11) is 1.39. The summed E-state index contributed by atoms with van der Waals surface area (Å²) in [6.45, 7) is 0. The molecule has 0 atom stereocenters. The van der Waals surface area contributed by atoms with Gasteiger partial charge in [-0.25, -0.2) is 4.98 Å². The number of halogens is 1. The van der Waals surface area contributed by atoms with Gasteiger partial charge in [0.1, 0.15) is 6.33 Å². The number of nitro benzene ring substituents is 1. The number of aromatic nitrogens is 2. The van der Waals surface area contributed by atoms with Crippen molar-refractivity contribution in [1.29, 1.82) is 0 Å². The van der Waals surface area contributed by atoms with Gasteiger partial charge in [-0.3, -0.25) is 10.1 Å². The van der Waals surface area contributed by atoms with E-state index in [0.29, 0.717) is 4.47 Å². The number of hydrogen-bond donors (Lipinski definition) is 1. The van der Waals surface area contributed by atoms with Gasteiger partial charge >= 0.3 is 0 Å². The van der Waals surface area contributed by atoms with Gasteiger partial charge in [-0.2, -0.15) is 4.98 Å². The van der Waals surface area contributed by atoms with Gasteiger partial charge in [-0.05, 0) is 22.0 Å². The summed E-state index contributed by atoms with van der Waals surface area (Å²) in [5.74, 6) is 0.557. The number of nitrogen functional groups attached to an aromatic ring is 1. The highest BCUT2D eigenvalue weighted by Crippen LogP contribution is 2.37. The third-order valence-electron chi connectivity index (χ3n) is 2.34. The van der Waals surface area contributed by atoms with Crippen molar-refractivity contribution in [3.8, 4) is 17.4 Å². The quantitative estimate of drug-likeness (QED) is 0.671. The van der Waals surface area contributed by atoms with Crippen LogP contribution >= 0.6 is 15.9 Å². The van der Waals surface area contributed by atoms with E-state index in [9.17, 15) is 10.1 Å². The Bertz CT molecular complexity index is 665. The van der Waals surface area contributed by atoms with Crippen LogP contribution in [0.5, 0.6) is 17.4 Å². The molecule has 2 aromatic rings. The molecule has 0 saturated heterocycles.